The monoisotopic (exact) mass is 421 g/mol. The summed E-state index contributed by atoms with van der Waals surface area (Å²) in [5.74, 6) is 1.60. The molecule has 0 aliphatic carbocycles. The van der Waals surface area contributed by atoms with Crippen molar-refractivity contribution in [1.82, 2.24) is 9.97 Å². The van der Waals surface area contributed by atoms with Gasteiger partial charge in [0, 0.05) is 11.8 Å². The van der Waals surface area contributed by atoms with Gasteiger partial charge in [0.05, 0.1) is 11.2 Å². The summed E-state index contributed by atoms with van der Waals surface area (Å²) in [4.78, 5) is 27.4. The number of hydrogen-bond acceptors (Lipinski definition) is 6. The molecule has 0 spiro atoms. The van der Waals surface area contributed by atoms with Crippen LogP contribution >= 0.6 is 0 Å². The van der Waals surface area contributed by atoms with Crippen molar-refractivity contribution in [2.24, 2.45) is 0 Å². The van der Waals surface area contributed by atoms with Crippen molar-refractivity contribution in [3.8, 4) is 11.5 Å². The minimum absolute atomic E-state index is 0.303. The van der Waals surface area contributed by atoms with E-state index in [1.54, 1.807) is 24.3 Å². The molecule has 0 unspecified atom stereocenters. The molecule has 31 heavy (non-hydrogen) atoms. The summed E-state index contributed by atoms with van der Waals surface area (Å²) in [6.07, 6.45) is 0. The van der Waals surface area contributed by atoms with E-state index in [2.05, 4.69) is 15.3 Å². The van der Waals surface area contributed by atoms with Gasteiger partial charge in [0.15, 0.2) is 0 Å². The van der Waals surface area contributed by atoms with Gasteiger partial charge in [-0.1, -0.05) is 12.1 Å². The van der Waals surface area contributed by atoms with E-state index in [9.17, 15) is 9.59 Å². The Hall–Kier alpha value is -3.30. The third-order valence-corrected chi connectivity index (χ3v) is 5.51. The first-order chi connectivity index (χ1) is 14.6. The number of aromatic nitrogens is 2. The first kappa shape index (κ1) is 21.0. The van der Waals surface area contributed by atoms with Crippen LogP contribution in [0.1, 0.15) is 27.7 Å². The van der Waals surface area contributed by atoms with Gasteiger partial charge in [-0.25, -0.2) is 4.79 Å². The Bertz CT molecular complexity index is 1160. The third-order valence-electron chi connectivity index (χ3n) is 5.51. The largest absolute Gasteiger partial charge is 0.494 e. The summed E-state index contributed by atoms with van der Waals surface area (Å²) >= 11 is 0. The molecule has 1 aromatic heterocycles. The van der Waals surface area contributed by atoms with Gasteiger partial charge in [-0.05, 0) is 69.6 Å². The average molecular weight is 421 g/mol. The number of anilines is 2. The lowest BCUT2D eigenvalue weighted by molar-refractivity contribution is 0.00578. The highest BCUT2D eigenvalue weighted by Gasteiger charge is 2.51. The zero-order valence-corrected chi connectivity index (χ0v) is 17.8. The molecule has 3 N–H and O–H groups in total. The highest BCUT2D eigenvalue weighted by Crippen LogP contribution is 2.36. The van der Waals surface area contributed by atoms with Gasteiger partial charge in [0.25, 0.3) is 5.56 Å². The Labute approximate surface area is 179 Å². The number of ether oxygens (including phenoxy) is 1. The fraction of sp³-hybridized carbons (Fsp3) is 0.273. The topological polar surface area (TPSA) is 105 Å². The van der Waals surface area contributed by atoms with Crippen LogP contribution in [0.5, 0.6) is 11.5 Å². The van der Waals surface area contributed by atoms with Crippen molar-refractivity contribution in [2.45, 2.75) is 38.9 Å². The highest BCUT2D eigenvalue weighted by molar-refractivity contribution is 6.62. The lowest BCUT2D eigenvalue weighted by Gasteiger charge is -2.32. The molecule has 160 valence electrons. The van der Waals surface area contributed by atoms with Crippen molar-refractivity contribution in [3.63, 3.8) is 0 Å². The fourth-order valence-corrected chi connectivity index (χ4v) is 3.14. The zero-order chi connectivity index (χ0) is 22.2. The van der Waals surface area contributed by atoms with E-state index in [4.69, 9.17) is 14.0 Å². The molecular formula is C22H24BN3O5. The molecule has 0 bridgehead atoms. The molecule has 0 saturated carbocycles. The van der Waals surface area contributed by atoms with Crippen LogP contribution < -0.4 is 26.8 Å². The molecular weight excluding hydrogens is 397 g/mol. The average Bonchev–Trinajstić information content (AvgIpc) is 2.90. The van der Waals surface area contributed by atoms with E-state index in [-0.39, 0.29) is 0 Å². The lowest BCUT2D eigenvalue weighted by Crippen LogP contribution is -2.41. The predicted octanol–water partition coefficient (Wildman–Crippen LogP) is 2.90. The Morgan fingerprint density at radius 2 is 1.55 bits per heavy atom. The minimum Gasteiger partial charge on any atom is -0.457 e. The Balaban J connectivity index is 1.46. The Morgan fingerprint density at radius 3 is 2.19 bits per heavy atom. The van der Waals surface area contributed by atoms with E-state index in [0.29, 0.717) is 23.0 Å². The number of nitrogens with one attached hydrogen (secondary N) is 3. The number of rotatable bonds is 5. The van der Waals surface area contributed by atoms with Gasteiger partial charge in [0.1, 0.15) is 17.3 Å². The van der Waals surface area contributed by atoms with Crippen LogP contribution in [-0.2, 0) is 9.31 Å². The number of hydrogen-bond donors (Lipinski definition) is 3. The number of benzene rings is 2. The SMILES string of the molecule is CC1(C)OB(c2cccc(Oc3ccc(Nc4cc(=O)[nH]c(=O)[nH]4)cc3)c2)OC1(C)C. The predicted molar refractivity (Wildman–Crippen MR) is 120 cm³/mol. The molecule has 1 saturated heterocycles. The van der Waals surface area contributed by atoms with Gasteiger partial charge >= 0.3 is 12.8 Å². The molecule has 2 aromatic carbocycles. The summed E-state index contributed by atoms with van der Waals surface area (Å²) in [5, 5.41) is 2.97. The maximum Gasteiger partial charge on any atom is 0.494 e. The molecule has 3 aromatic rings. The summed E-state index contributed by atoms with van der Waals surface area (Å²) in [6, 6.07) is 16.0. The van der Waals surface area contributed by atoms with Crippen molar-refractivity contribution < 1.29 is 14.0 Å². The van der Waals surface area contributed by atoms with E-state index in [0.717, 1.165) is 5.46 Å². The van der Waals surface area contributed by atoms with Gasteiger partial charge in [0.2, 0.25) is 0 Å². The second-order valence-electron chi connectivity index (χ2n) is 8.41. The van der Waals surface area contributed by atoms with Crippen LogP contribution in [-0.4, -0.2) is 28.3 Å². The molecule has 0 radical (unpaired) electrons. The van der Waals surface area contributed by atoms with Crippen LogP contribution in [0.15, 0.2) is 64.2 Å². The second-order valence-corrected chi connectivity index (χ2v) is 8.41. The van der Waals surface area contributed by atoms with Crippen LogP contribution in [0.2, 0.25) is 0 Å². The molecule has 2 heterocycles. The van der Waals surface area contributed by atoms with Gasteiger partial charge in [-0.3, -0.25) is 14.8 Å². The number of aromatic amines is 2. The van der Waals surface area contributed by atoms with E-state index < -0.39 is 29.6 Å². The smallest absolute Gasteiger partial charge is 0.457 e. The molecule has 0 atom stereocenters. The van der Waals surface area contributed by atoms with Crippen LogP contribution in [0.25, 0.3) is 0 Å². The maximum atomic E-state index is 11.4. The minimum atomic E-state index is -0.572. The second kappa shape index (κ2) is 7.75. The molecule has 1 aliphatic rings. The molecule has 0 amide bonds. The van der Waals surface area contributed by atoms with Crippen LogP contribution in [0, 0.1) is 0 Å². The summed E-state index contributed by atoms with van der Waals surface area (Å²) in [6.45, 7) is 8.07. The maximum absolute atomic E-state index is 11.4. The number of H-pyrrole nitrogens is 2. The van der Waals surface area contributed by atoms with Crippen molar-refractivity contribution in [3.05, 3.63) is 75.4 Å². The molecule has 1 aliphatic heterocycles. The van der Waals surface area contributed by atoms with E-state index >= 15 is 0 Å². The van der Waals surface area contributed by atoms with Gasteiger partial charge in [-0.2, -0.15) is 0 Å². The molecule has 4 rings (SSSR count). The first-order valence-electron chi connectivity index (χ1n) is 9.95. The van der Waals surface area contributed by atoms with Crippen molar-refractivity contribution >= 4 is 24.1 Å². The molecule has 8 nitrogen and oxygen atoms in total. The van der Waals surface area contributed by atoms with Crippen LogP contribution in [0.4, 0.5) is 11.5 Å². The Kier molecular flexibility index (Phi) is 5.24. The first-order valence-corrected chi connectivity index (χ1v) is 9.95. The van der Waals surface area contributed by atoms with E-state index in [1.807, 2.05) is 52.0 Å². The summed E-state index contributed by atoms with van der Waals surface area (Å²) < 4.78 is 18.2. The molecule has 1 fully saturated rings. The quantitative estimate of drug-likeness (QED) is 0.548. The molecule has 9 heteroatoms. The lowest BCUT2D eigenvalue weighted by atomic mass is 9.79. The van der Waals surface area contributed by atoms with Crippen LogP contribution in [0.3, 0.4) is 0 Å². The summed E-state index contributed by atoms with van der Waals surface area (Å²) in [5.41, 5.74) is -0.298. The highest BCUT2D eigenvalue weighted by atomic mass is 16.7. The Morgan fingerprint density at radius 1 is 0.871 bits per heavy atom. The normalized spacial score (nSPS) is 16.8. The summed E-state index contributed by atoms with van der Waals surface area (Å²) in [7, 11) is -0.462. The fourth-order valence-electron chi connectivity index (χ4n) is 3.14. The van der Waals surface area contributed by atoms with Crippen molar-refractivity contribution in [2.75, 3.05) is 5.32 Å². The van der Waals surface area contributed by atoms with Crippen molar-refractivity contribution in [1.29, 1.82) is 0 Å². The third kappa shape index (κ3) is 4.57. The zero-order valence-electron chi connectivity index (χ0n) is 17.8. The van der Waals surface area contributed by atoms with Gasteiger partial charge < -0.3 is 19.4 Å². The van der Waals surface area contributed by atoms with Gasteiger partial charge in [-0.15, -0.1) is 0 Å². The standard InChI is InChI=1S/C22H24BN3O5/c1-21(2)22(3,4)31-23(30-21)14-6-5-7-17(12-14)29-16-10-8-15(9-11-16)24-18-13-19(27)26-20(28)25-18/h5-13H,1-4H3,(H3,24,25,26,27,28). The van der Waals surface area contributed by atoms with E-state index in [1.165, 1.54) is 6.07 Å².